The van der Waals surface area contributed by atoms with Crippen LogP contribution in [0.3, 0.4) is 0 Å². The summed E-state index contributed by atoms with van der Waals surface area (Å²) in [4.78, 5) is 26.7. The average Bonchev–Trinajstić information content (AvgIpc) is 3.51. The number of nitrogens with one attached hydrogen (secondary N) is 1. The summed E-state index contributed by atoms with van der Waals surface area (Å²) in [6.07, 6.45) is 0. The fourth-order valence-corrected chi connectivity index (χ4v) is 5.33. The zero-order chi connectivity index (χ0) is 26.1. The lowest BCUT2D eigenvalue weighted by Gasteiger charge is -2.20. The molecular weight excluding hydrogens is 484 g/mol. The highest BCUT2D eigenvalue weighted by molar-refractivity contribution is 7.08. The van der Waals surface area contributed by atoms with Crippen LogP contribution >= 0.6 is 11.3 Å². The number of benzene rings is 3. The third kappa shape index (κ3) is 4.41. The number of nitrogens with zero attached hydrogens (tertiary/aromatic N) is 3. The van der Waals surface area contributed by atoms with Gasteiger partial charge in [0.05, 0.1) is 29.8 Å². The highest BCUT2D eigenvalue weighted by Crippen LogP contribution is 2.34. The number of imidazole rings is 1. The number of anilines is 1. The second-order valence-electron chi connectivity index (χ2n) is 8.71. The second-order valence-corrected chi connectivity index (χ2v) is 9.45. The summed E-state index contributed by atoms with van der Waals surface area (Å²) in [6.45, 7) is 0. The molecule has 0 aliphatic carbocycles. The van der Waals surface area contributed by atoms with Crippen LogP contribution < -0.4 is 15.7 Å². The van der Waals surface area contributed by atoms with Gasteiger partial charge in [-0.1, -0.05) is 24.3 Å². The molecule has 5 rings (SSSR count). The van der Waals surface area contributed by atoms with E-state index in [1.807, 2.05) is 59.3 Å². The number of ketones is 1. The van der Waals surface area contributed by atoms with Gasteiger partial charge in [-0.05, 0) is 59.0 Å². The van der Waals surface area contributed by atoms with Gasteiger partial charge in [-0.3, -0.25) is 13.9 Å². The summed E-state index contributed by atoms with van der Waals surface area (Å²) < 4.78 is 8.43. The number of Topliss-reactive ketones (excluding diaryl/α,β-unsaturated/α-hetero) is 1. The van der Waals surface area contributed by atoms with Crippen molar-refractivity contribution >= 4 is 33.8 Å². The van der Waals surface area contributed by atoms with Crippen molar-refractivity contribution in [1.29, 1.82) is 5.26 Å². The van der Waals surface area contributed by atoms with E-state index in [1.54, 1.807) is 48.5 Å². The molecule has 1 N–H and O–H groups in total. The van der Waals surface area contributed by atoms with Crippen LogP contribution in [0.5, 0.6) is 5.75 Å². The molecule has 0 bridgehead atoms. The number of aryl methyl sites for hydroxylation is 2. The molecule has 7 nitrogen and oxygen atoms in total. The molecule has 0 aliphatic heterocycles. The number of nitriles is 1. The molecule has 0 fully saturated rings. The van der Waals surface area contributed by atoms with Gasteiger partial charge in [0, 0.05) is 36.3 Å². The largest absolute Gasteiger partial charge is 0.497 e. The van der Waals surface area contributed by atoms with Crippen molar-refractivity contribution in [3.8, 4) is 22.9 Å². The minimum absolute atomic E-state index is 0.116. The number of rotatable bonds is 7. The third-order valence-electron chi connectivity index (χ3n) is 6.52. The minimum Gasteiger partial charge on any atom is -0.497 e. The van der Waals surface area contributed by atoms with Crippen molar-refractivity contribution in [2.75, 3.05) is 12.4 Å². The van der Waals surface area contributed by atoms with Crippen LogP contribution in [0.15, 0.2) is 82.3 Å². The van der Waals surface area contributed by atoms with E-state index in [1.165, 1.54) is 11.3 Å². The van der Waals surface area contributed by atoms with Crippen molar-refractivity contribution in [2.24, 2.45) is 14.1 Å². The minimum atomic E-state index is -0.750. The molecule has 184 valence electrons. The molecular formula is C29H24N4O3S. The van der Waals surface area contributed by atoms with E-state index in [2.05, 4.69) is 11.4 Å². The predicted molar refractivity (Wildman–Crippen MR) is 146 cm³/mol. The molecule has 0 aliphatic rings. The Morgan fingerprint density at radius 1 is 1.00 bits per heavy atom. The Morgan fingerprint density at radius 2 is 1.76 bits per heavy atom. The summed E-state index contributed by atoms with van der Waals surface area (Å²) in [5.74, 6) is 0.625. The number of methoxy groups -OCH3 is 1. The van der Waals surface area contributed by atoms with Crippen LogP contribution in [0.2, 0.25) is 0 Å². The van der Waals surface area contributed by atoms with Crippen LogP contribution in [0.4, 0.5) is 5.69 Å². The van der Waals surface area contributed by atoms with Gasteiger partial charge in [0.25, 0.3) is 0 Å². The maximum absolute atomic E-state index is 14.2. The van der Waals surface area contributed by atoms with Gasteiger partial charge < -0.3 is 10.1 Å². The first-order valence-corrected chi connectivity index (χ1v) is 12.5. The van der Waals surface area contributed by atoms with E-state index in [-0.39, 0.29) is 11.5 Å². The zero-order valence-electron chi connectivity index (χ0n) is 20.6. The highest BCUT2D eigenvalue weighted by Gasteiger charge is 2.26. The van der Waals surface area contributed by atoms with Crippen LogP contribution in [-0.4, -0.2) is 22.0 Å². The monoisotopic (exact) mass is 508 g/mol. The molecule has 1 unspecified atom stereocenters. The van der Waals surface area contributed by atoms with Gasteiger partial charge in [-0.2, -0.15) is 16.6 Å². The van der Waals surface area contributed by atoms with Gasteiger partial charge in [-0.15, -0.1) is 0 Å². The number of hydrogen-bond acceptors (Lipinski definition) is 6. The fraction of sp³-hybridized carbons (Fsp3) is 0.138. The lowest BCUT2D eigenvalue weighted by Crippen LogP contribution is -2.21. The summed E-state index contributed by atoms with van der Waals surface area (Å²) >= 11 is 1.46. The SMILES string of the molecule is COc1ccc(-c2cscc2C(=O)C(Nc2cccc(C#N)c2)c2ccc3c(c2)n(C)c(=O)n3C)cc1. The summed E-state index contributed by atoms with van der Waals surface area (Å²) in [5.41, 5.74) is 5.58. The molecule has 8 heteroatoms. The molecule has 2 heterocycles. The van der Waals surface area contributed by atoms with E-state index in [0.29, 0.717) is 22.4 Å². The van der Waals surface area contributed by atoms with Crippen molar-refractivity contribution in [3.05, 3.63) is 105 Å². The van der Waals surface area contributed by atoms with Gasteiger partial charge in [-0.25, -0.2) is 4.79 Å². The lowest BCUT2D eigenvalue weighted by molar-refractivity contribution is 0.0970. The number of carbonyl (C=O) groups excluding carboxylic acids is 1. The highest BCUT2D eigenvalue weighted by atomic mass is 32.1. The van der Waals surface area contributed by atoms with E-state index < -0.39 is 6.04 Å². The van der Waals surface area contributed by atoms with Crippen molar-refractivity contribution < 1.29 is 9.53 Å². The number of aromatic nitrogens is 2. The molecule has 1 atom stereocenters. The molecule has 0 spiro atoms. The van der Waals surface area contributed by atoms with E-state index >= 15 is 0 Å². The molecule has 3 aromatic carbocycles. The Hall–Kier alpha value is -4.61. The van der Waals surface area contributed by atoms with E-state index in [9.17, 15) is 14.9 Å². The smallest absolute Gasteiger partial charge is 0.328 e. The Morgan fingerprint density at radius 3 is 2.49 bits per heavy atom. The summed E-state index contributed by atoms with van der Waals surface area (Å²) in [7, 11) is 5.06. The van der Waals surface area contributed by atoms with Crippen LogP contribution in [-0.2, 0) is 14.1 Å². The van der Waals surface area contributed by atoms with E-state index in [0.717, 1.165) is 27.9 Å². The molecule has 0 saturated carbocycles. The zero-order valence-corrected chi connectivity index (χ0v) is 21.4. The molecule has 2 aromatic heterocycles. The molecule has 5 aromatic rings. The van der Waals surface area contributed by atoms with Crippen molar-refractivity contribution in [3.63, 3.8) is 0 Å². The maximum Gasteiger partial charge on any atom is 0.328 e. The van der Waals surface area contributed by atoms with Gasteiger partial charge in [0.1, 0.15) is 11.8 Å². The fourth-order valence-electron chi connectivity index (χ4n) is 4.49. The van der Waals surface area contributed by atoms with Gasteiger partial charge >= 0.3 is 5.69 Å². The Bertz CT molecular complexity index is 1720. The standard InChI is InChI=1S/C29H24N4O3S/c1-32-25-12-9-20(14-26(25)33(2)29(32)35)27(31-21-6-4-5-18(13-21)15-30)28(34)24-17-37-16-23(24)19-7-10-22(36-3)11-8-19/h4-14,16-17,27,31H,1-3H3. The van der Waals surface area contributed by atoms with Gasteiger partial charge in [0.15, 0.2) is 5.78 Å². The number of hydrogen-bond donors (Lipinski definition) is 1. The van der Waals surface area contributed by atoms with Crippen molar-refractivity contribution in [2.45, 2.75) is 6.04 Å². The van der Waals surface area contributed by atoms with Crippen LogP contribution in [0.1, 0.15) is 27.5 Å². The second kappa shape index (κ2) is 9.80. The topological polar surface area (TPSA) is 89.1 Å². The first-order chi connectivity index (χ1) is 17.9. The molecule has 0 amide bonds. The molecule has 0 saturated heterocycles. The van der Waals surface area contributed by atoms with Crippen LogP contribution in [0, 0.1) is 11.3 Å². The third-order valence-corrected chi connectivity index (χ3v) is 7.27. The number of ether oxygens (including phenoxy) is 1. The number of fused-ring (bicyclic) bond motifs is 1. The van der Waals surface area contributed by atoms with Crippen LogP contribution in [0.25, 0.3) is 22.2 Å². The number of thiophene rings is 1. The molecule has 37 heavy (non-hydrogen) atoms. The van der Waals surface area contributed by atoms with Crippen molar-refractivity contribution in [1.82, 2.24) is 9.13 Å². The average molecular weight is 509 g/mol. The Labute approximate surface area is 217 Å². The molecule has 0 radical (unpaired) electrons. The Kier molecular flexibility index (Phi) is 6.38. The predicted octanol–water partition coefficient (Wildman–Crippen LogP) is 5.52. The quantitative estimate of drug-likeness (QED) is 0.292. The summed E-state index contributed by atoms with van der Waals surface area (Å²) in [6, 6.07) is 21.6. The lowest BCUT2D eigenvalue weighted by atomic mass is 9.93. The summed E-state index contributed by atoms with van der Waals surface area (Å²) in [5, 5.41) is 16.5. The number of carbonyl (C=O) groups is 1. The first-order valence-electron chi connectivity index (χ1n) is 11.6. The van der Waals surface area contributed by atoms with E-state index in [4.69, 9.17) is 4.74 Å². The normalized spacial score (nSPS) is 11.7. The first kappa shape index (κ1) is 24.1. The van der Waals surface area contributed by atoms with Gasteiger partial charge in [0.2, 0.25) is 0 Å². The Balaban J connectivity index is 1.62. The maximum atomic E-state index is 14.2.